The van der Waals surface area contributed by atoms with Gasteiger partial charge in [-0.25, -0.2) is 14.8 Å². The summed E-state index contributed by atoms with van der Waals surface area (Å²) in [5, 5.41) is 0. The third kappa shape index (κ3) is 3.52. The molecule has 0 unspecified atom stereocenters. The molecule has 8 heteroatoms. The molecule has 1 amide bonds. The van der Waals surface area contributed by atoms with Crippen LogP contribution in [0.2, 0.25) is 0 Å². The summed E-state index contributed by atoms with van der Waals surface area (Å²) in [5.41, 5.74) is 2.26. The largest absolute Gasteiger partial charge is 0.340 e. The molecule has 8 nitrogen and oxygen atoms in total. The number of rotatable bonds is 5. The number of carbonyl (C=O) groups excluding carboxylic acids is 1. The van der Waals surface area contributed by atoms with E-state index in [0.29, 0.717) is 23.5 Å². The summed E-state index contributed by atoms with van der Waals surface area (Å²) < 4.78 is 1.34. The SMILES string of the molecule is CN(Cc1cccnc1)C(=O)Cn1c(=O)[nH]c2cnc(-c3ccccc3)nc21. The maximum Gasteiger partial charge on any atom is 0.328 e. The molecule has 0 aliphatic carbocycles. The Bertz CT molecular complexity index is 1170. The van der Waals surface area contributed by atoms with E-state index in [1.165, 1.54) is 4.57 Å². The van der Waals surface area contributed by atoms with Crippen LogP contribution in [0.5, 0.6) is 0 Å². The second-order valence-electron chi connectivity index (χ2n) is 6.42. The van der Waals surface area contributed by atoms with Crippen molar-refractivity contribution in [3.05, 3.63) is 77.1 Å². The molecule has 1 N–H and O–H groups in total. The van der Waals surface area contributed by atoms with Crippen LogP contribution in [0, 0.1) is 0 Å². The van der Waals surface area contributed by atoms with Crippen LogP contribution in [0.15, 0.2) is 65.8 Å². The summed E-state index contributed by atoms with van der Waals surface area (Å²) >= 11 is 0. The maximum absolute atomic E-state index is 12.7. The highest BCUT2D eigenvalue weighted by Gasteiger charge is 2.16. The zero-order valence-corrected chi connectivity index (χ0v) is 15.2. The quantitative estimate of drug-likeness (QED) is 0.575. The van der Waals surface area contributed by atoms with Crippen LogP contribution >= 0.6 is 0 Å². The zero-order valence-electron chi connectivity index (χ0n) is 15.2. The molecule has 3 heterocycles. The highest BCUT2D eigenvalue weighted by Crippen LogP contribution is 2.16. The number of nitrogens with zero attached hydrogens (tertiary/aromatic N) is 5. The van der Waals surface area contributed by atoms with Crippen LogP contribution in [0.1, 0.15) is 5.56 Å². The molecule has 0 saturated heterocycles. The van der Waals surface area contributed by atoms with E-state index in [1.807, 2.05) is 42.5 Å². The van der Waals surface area contributed by atoms with Crippen molar-refractivity contribution in [2.24, 2.45) is 0 Å². The maximum atomic E-state index is 12.7. The summed E-state index contributed by atoms with van der Waals surface area (Å²) in [4.78, 5) is 42.1. The van der Waals surface area contributed by atoms with E-state index in [2.05, 4.69) is 19.9 Å². The number of hydrogen-bond donors (Lipinski definition) is 1. The van der Waals surface area contributed by atoms with Gasteiger partial charge in [-0.15, -0.1) is 0 Å². The number of amides is 1. The van der Waals surface area contributed by atoms with Crippen molar-refractivity contribution in [2.75, 3.05) is 7.05 Å². The van der Waals surface area contributed by atoms with Crippen molar-refractivity contribution in [1.82, 2.24) is 29.4 Å². The van der Waals surface area contributed by atoms with Gasteiger partial charge in [-0.2, -0.15) is 0 Å². The minimum absolute atomic E-state index is 0.110. The molecular weight excluding hydrogens is 356 g/mol. The number of likely N-dealkylation sites (N-methyl/N-ethyl adjacent to an activating group) is 1. The normalized spacial score (nSPS) is 10.9. The Labute approximate surface area is 160 Å². The zero-order chi connectivity index (χ0) is 19.5. The molecular formula is C20H18N6O2. The van der Waals surface area contributed by atoms with Gasteiger partial charge in [0.15, 0.2) is 11.5 Å². The Hall–Kier alpha value is -3.81. The molecule has 0 radical (unpaired) electrons. The van der Waals surface area contributed by atoms with Gasteiger partial charge in [-0.3, -0.25) is 14.3 Å². The minimum atomic E-state index is -0.391. The first-order valence-corrected chi connectivity index (χ1v) is 8.75. The number of carbonyl (C=O) groups is 1. The van der Waals surface area contributed by atoms with Crippen LogP contribution in [-0.2, 0) is 17.9 Å². The van der Waals surface area contributed by atoms with Gasteiger partial charge < -0.3 is 9.88 Å². The molecule has 0 atom stereocenters. The molecule has 140 valence electrons. The monoisotopic (exact) mass is 374 g/mol. The van der Waals surface area contributed by atoms with Gasteiger partial charge in [0.25, 0.3) is 0 Å². The first-order chi connectivity index (χ1) is 13.6. The highest BCUT2D eigenvalue weighted by atomic mass is 16.2. The Morgan fingerprint density at radius 1 is 1.14 bits per heavy atom. The summed E-state index contributed by atoms with van der Waals surface area (Å²) in [6.45, 7) is 0.300. The van der Waals surface area contributed by atoms with E-state index in [9.17, 15) is 9.59 Å². The second kappa shape index (κ2) is 7.43. The molecule has 28 heavy (non-hydrogen) atoms. The van der Waals surface area contributed by atoms with Gasteiger partial charge >= 0.3 is 5.69 Å². The number of hydrogen-bond acceptors (Lipinski definition) is 5. The van der Waals surface area contributed by atoms with E-state index < -0.39 is 5.69 Å². The lowest BCUT2D eigenvalue weighted by Gasteiger charge is -2.17. The van der Waals surface area contributed by atoms with Crippen molar-refractivity contribution in [3.8, 4) is 11.4 Å². The molecule has 1 aromatic carbocycles. The first kappa shape index (κ1) is 17.6. The van der Waals surface area contributed by atoms with E-state index >= 15 is 0 Å². The Balaban J connectivity index is 1.62. The Morgan fingerprint density at radius 3 is 2.71 bits per heavy atom. The molecule has 0 bridgehead atoms. The van der Waals surface area contributed by atoms with Gasteiger partial charge in [0, 0.05) is 31.5 Å². The molecule has 3 aromatic heterocycles. The molecule has 0 aliphatic rings. The molecule has 0 aliphatic heterocycles. The molecule has 4 rings (SSSR count). The van der Waals surface area contributed by atoms with Crippen LogP contribution in [0.25, 0.3) is 22.6 Å². The molecule has 0 saturated carbocycles. The lowest BCUT2D eigenvalue weighted by Crippen LogP contribution is -2.33. The van der Waals surface area contributed by atoms with Gasteiger partial charge in [-0.1, -0.05) is 36.4 Å². The first-order valence-electron chi connectivity index (χ1n) is 8.75. The van der Waals surface area contributed by atoms with Crippen LogP contribution < -0.4 is 5.69 Å². The van der Waals surface area contributed by atoms with E-state index in [0.717, 1.165) is 11.1 Å². The fourth-order valence-corrected chi connectivity index (χ4v) is 2.93. The van der Waals surface area contributed by atoms with Crippen molar-refractivity contribution >= 4 is 17.1 Å². The topological polar surface area (TPSA) is 96.8 Å². The predicted molar refractivity (Wildman–Crippen MR) is 104 cm³/mol. The number of fused-ring (bicyclic) bond motifs is 1. The summed E-state index contributed by atoms with van der Waals surface area (Å²) in [7, 11) is 1.69. The van der Waals surface area contributed by atoms with Crippen molar-refractivity contribution in [2.45, 2.75) is 13.1 Å². The number of imidazole rings is 1. The van der Waals surface area contributed by atoms with Crippen molar-refractivity contribution in [1.29, 1.82) is 0 Å². The number of H-pyrrole nitrogens is 1. The van der Waals surface area contributed by atoms with Gasteiger partial charge in [0.1, 0.15) is 12.1 Å². The third-order valence-corrected chi connectivity index (χ3v) is 4.40. The minimum Gasteiger partial charge on any atom is -0.340 e. The number of pyridine rings is 1. The molecule has 0 spiro atoms. The smallest absolute Gasteiger partial charge is 0.328 e. The van der Waals surface area contributed by atoms with E-state index in [4.69, 9.17) is 0 Å². The van der Waals surface area contributed by atoms with Crippen molar-refractivity contribution in [3.63, 3.8) is 0 Å². The Morgan fingerprint density at radius 2 is 1.96 bits per heavy atom. The summed E-state index contributed by atoms with van der Waals surface area (Å²) in [6, 6.07) is 13.2. The number of nitrogens with one attached hydrogen (secondary N) is 1. The van der Waals surface area contributed by atoms with Gasteiger partial charge in [-0.05, 0) is 11.6 Å². The predicted octanol–water partition coefficient (Wildman–Crippen LogP) is 1.84. The highest BCUT2D eigenvalue weighted by molar-refractivity contribution is 5.79. The van der Waals surface area contributed by atoms with E-state index in [1.54, 1.807) is 30.5 Å². The third-order valence-electron chi connectivity index (χ3n) is 4.40. The fourth-order valence-electron chi connectivity index (χ4n) is 2.93. The standard InChI is InChI=1S/C20H18N6O2/c1-25(12-14-6-5-9-21-10-14)17(27)13-26-19-16(23-20(26)28)11-22-18(24-19)15-7-3-2-4-8-15/h2-11H,12-13H2,1H3,(H,23,28). The van der Waals surface area contributed by atoms with Gasteiger partial charge in [0.05, 0.1) is 6.20 Å². The lowest BCUT2D eigenvalue weighted by molar-refractivity contribution is -0.131. The van der Waals surface area contributed by atoms with E-state index in [-0.39, 0.29) is 12.5 Å². The Kier molecular flexibility index (Phi) is 4.67. The number of benzene rings is 1. The second-order valence-corrected chi connectivity index (χ2v) is 6.42. The number of aromatic amines is 1. The lowest BCUT2D eigenvalue weighted by atomic mass is 10.2. The van der Waals surface area contributed by atoms with Crippen molar-refractivity contribution < 1.29 is 4.79 Å². The van der Waals surface area contributed by atoms with Crippen LogP contribution in [0.4, 0.5) is 0 Å². The summed E-state index contributed by atoms with van der Waals surface area (Å²) in [5.74, 6) is 0.295. The number of aromatic nitrogens is 5. The molecule has 4 aromatic rings. The van der Waals surface area contributed by atoms with Crippen LogP contribution in [0.3, 0.4) is 0 Å². The molecule has 0 fully saturated rings. The fraction of sp³-hybridized carbons (Fsp3) is 0.150. The van der Waals surface area contributed by atoms with Crippen LogP contribution in [-0.4, -0.2) is 42.4 Å². The van der Waals surface area contributed by atoms with Gasteiger partial charge in [0.2, 0.25) is 5.91 Å². The average molecular weight is 374 g/mol. The average Bonchev–Trinajstić information content (AvgIpc) is 3.04. The summed E-state index contributed by atoms with van der Waals surface area (Å²) in [6.07, 6.45) is 4.95.